The standard InChI is InChI=1S/C13H21N3O2S/c14-6-5-12-15-11(9-19-12)13(18)16-7-1-3-10(16)4-2-8-17/h9-10,17H,1-8,14H2. The Morgan fingerprint density at radius 1 is 1.63 bits per heavy atom. The van der Waals surface area contributed by atoms with Crippen LogP contribution in [0.25, 0.3) is 0 Å². The van der Waals surface area contributed by atoms with E-state index >= 15 is 0 Å². The zero-order chi connectivity index (χ0) is 13.7. The Balaban J connectivity index is 2.00. The summed E-state index contributed by atoms with van der Waals surface area (Å²) in [4.78, 5) is 18.7. The quantitative estimate of drug-likeness (QED) is 0.817. The molecule has 2 heterocycles. The molecule has 0 bridgehead atoms. The highest BCUT2D eigenvalue weighted by Crippen LogP contribution is 2.24. The van der Waals surface area contributed by atoms with Crippen LogP contribution in [0.4, 0.5) is 0 Å². The van der Waals surface area contributed by atoms with Crippen molar-refractivity contribution in [2.24, 2.45) is 5.73 Å². The van der Waals surface area contributed by atoms with Crippen molar-refractivity contribution in [3.05, 3.63) is 16.1 Å². The highest BCUT2D eigenvalue weighted by Gasteiger charge is 2.29. The Hall–Kier alpha value is -0.980. The average Bonchev–Trinajstić information content (AvgIpc) is 3.04. The number of carbonyl (C=O) groups excluding carboxylic acids is 1. The largest absolute Gasteiger partial charge is 0.396 e. The van der Waals surface area contributed by atoms with E-state index in [4.69, 9.17) is 10.8 Å². The molecule has 3 N–H and O–H groups in total. The molecule has 1 saturated heterocycles. The summed E-state index contributed by atoms with van der Waals surface area (Å²) in [6, 6.07) is 0.263. The summed E-state index contributed by atoms with van der Waals surface area (Å²) >= 11 is 1.50. The molecule has 5 nitrogen and oxygen atoms in total. The van der Waals surface area contributed by atoms with Crippen molar-refractivity contribution in [3.63, 3.8) is 0 Å². The SMILES string of the molecule is NCCc1nc(C(=O)N2CCCC2CCCO)cs1. The topological polar surface area (TPSA) is 79.5 Å². The van der Waals surface area contributed by atoms with Gasteiger partial charge in [-0.1, -0.05) is 0 Å². The summed E-state index contributed by atoms with van der Waals surface area (Å²) in [6.45, 7) is 1.55. The number of nitrogens with zero attached hydrogens (tertiary/aromatic N) is 2. The summed E-state index contributed by atoms with van der Waals surface area (Å²) < 4.78 is 0. The van der Waals surface area contributed by atoms with Crippen LogP contribution < -0.4 is 5.73 Å². The molecule has 0 aromatic carbocycles. The van der Waals surface area contributed by atoms with Gasteiger partial charge >= 0.3 is 0 Å². The van der Waals surface area contributed by atoms with Crippen molar-refractivity contribution < 1.29 is 9.90 Å². The smallest absolute Gasteiger partial charge is 0.273 e. The molecule has 0 saturated carbocycles. The molecule has 19 heavy (non-hydrogen) atoms. The van der Waals surface area contributed by atoms with E-state index in [2.05, 4.69) is 4.98 Å². The number of aliphatic hydroxyl groups is 1. The van der Waals surface area contributed by atoms with Gasteiger partial charge in [0.1, 0.15) is 5.69 Å². The zero-order valence-electron chi connectivity index (χ0n) is 11.0. The van der Waals surface area contributed by atoms with Crippen LogP contribution in [0.15, 0.2) is 5.38 Å². The first-order valence-corrected chi connectivity index (χ1v) is 7.70. The Bertz CT molecular complexity index is 422. The van der Waals surface area contributed by atoms with Crippen molar-refractivity contribution in [1.82, 2.24) is 9.88 Å². The molecular weight excluding hydrogens is 262 g/mol. The lowest BCUT2D eigenvalue weighted by molar-refractivity contribution is 0.0719. The Morgan fingerprint density at radius 2 is 2.47 bits per heavy atom. The Morgan fingerprint density at radius 3 is 3.21 bits per heavy atom. The summed E-state index contributed by atoms with van der Waals surface area (Å²) in [5.74, 6) is 0.0277. The Kier molecular flexibility index (Phi) is 5.30. The van der Waals surface area contributed by atoms with E-state index in [-0.39, 0.29) is 18.6 Å². The van der Waals surface area contributed by atoms with Gasteiger partial charge in [0, 0.05) is 31.0 Å². The second kappa shape index (κ2) is 6.98. The maximum absolute atomic E-state index is 12.4. The predicted molar refractivity (Wildman–Crippen MR) is 75.3 cm³/mol. The van der Waals surface area contributed by atoms with Crippen molar-refractivity contribution >= 4 is 17.2 Å². The van der Waals surface area contributed by atoms with E-state index in [0.29, 0.717) is 12.2 Å². The second-order valence-electron chi connectivity index (χ2n) is 4.83. The molecule has 1 aromatic heterocycles. The Labute approximate surface area is 117 Å². The lowest BCUT2D eigenvalue weighted by atomic mass is 10.1. The molecule has 1 atom stereocenters. The zero-order valence-corrected chi connectivity index (χ0v) is 11.9. The van der Waals surface area contributed by atoms with Crippen molar-refractivity contribution in [1.29, 1.82) is 0 Å². The molecule has 0 radical (unpaired) electrons. The number of hydrogen-bond donors (Lipinski definition) is 2. The van der Waals surface area contributed by atoms with E-state index in [1.54, 1.807) is 0 Å². The number of rotatable bonds is 6. The highest BCUT2D eigenvalue weighted by molar-refractivity contribution is 7.09. The summed E-state index contributed by atoms with van der Waals surface area (Å²) in [5, 5.41) is 11.7. The minimum atomic E-state index is 0.0277. The van der Waals surface area contributed by atoms with Crippen LogP contribution >= 0.6 is 11.3 Å². The fourth-order valence-electron chi connectivity index (χ4n) is 2.52. The van der Waals surface area contributed by atoms with Gasteiger partial charge in [-0.05, 0) is 32.2 Å². The first-order valence-electron chi connectivity index (χ1n) is 6.82. The maximum atomic E-state index is 12.4. The fraction of sp³-hybridized carbons (Fsp3) is 0.692. The van der Waals surface area contributed by atoms with Crippen LogP contribution in [0.1, 0.15) is 41.2 Å². The van der Waals surface area contributed by atoms with E-state index in [1.165, 1.54) is 11.3 Å². The molecule has 1 fully saturated rings. The number of thiazole rings is 1. The summed E-state index contributed by atoms with van der Waals surface area (Å²) in [7, 11) is 0. The van der Waals surface area contributed by atoms with Crippen molar-refractivity contribution in [2.45, 2.75) is 38.1 Å². The van der Waals surface area contributed by atoms with E-state index in [1.807, 2.05) is 10.3 Å². The van der Waals surface area contributed by atoms with E-state index < -0.39 is 0 Å². The number of likely N-dealkylation sites (tertiary alicyclic amines) is 1. The van der Waals surface area contributed by atoms with Gasteiger partial charge in [-0.15, -0.1) is 11.3 Å². The highest BCUT2D eigenvalue weighted by atomic mass is 32.1. The maximum Gasteiger partial charge on any atom is 0.273 e. The molecule has 0 spiro atoms. The molecule has 1 unspecified atom stereocenters. The van der Waals surface area contributed by atoms with Crippen LogP contribution in [0.3, 0.4) is 0 Å². The first-order chi connectivity index (χ1) is 9.26. The van der Waals surface area contributed by atoms with Gasteiger partial charge < -0.3 is 15.7 Å². The molecular formula is C13H21N3O2S. The molecule has 1 aromatic rings. The molecule has 106 valence electrons. The molecule has 1 aliphatic heterocycles. The third-order valence-corrected chi connectivity index (χ3v) is 4.37. The van der Waals surface area contributed by atoms with E-state index in [9.17, 15) is 4.79 Å². The van der Waals surface area contributed by atoms with Crippen LogP contribution in [-0.2, 0) is 6.42 Å². The van der Waals surface area contributed by atoms with Crippen LogP contribution in [0.2, 0.25) is 0 Å². The fourth-order valence-corrected chi connectivity index (χ4v) is 3.31. The summed E-state index contributed by atoms with van der Waals surface area (Å²) in [6.07, 6.45) is 4.44. The van der Waals surface area contributed by atoms with Crippen molar-refractivity contribution in [3.8, 4) is 0 Å². The van der Waals surface area contributed by atoms with Gasteiger partial charge in [-0.2, -0.15) is 0 Å². The third kappa shape index (κ3) is 3.52. The number of nitrogens with two attached hydrogens (primary N) is 1. The number of carbonyl (C=O) groups is 1. The van der Waals surface area contributed by atoms with Gasteiger partial charge in [0.05, 0.1) is 5.01 Å². The molecule has 0 aliphatic carbocycles. The lowest BCUT2D eigenvalue weighted by Gasteiger charge is -2.23. The monoisotopic (exact) mass is 283 g/mol. The van der Waals surface area contributed by atoms with Gasteiger partial charge in [-0.3, -0.25) is 4.79 Å². The number of aliphatic hydroxyl groups excluding tert-OH is 1. The van der Waals surface area contributed by atoms with Crippen molar-refractivity contribution in [2.75, 3.05) is 19.7 Å². The van der Waals surface area contributed by atoms with Crippen LogP contribution in [0.5, 0.6) is 0 Å². The average molecular weight is 283 g/mol. The molecule has 1 aliphatic rings. The summed E-state index contributed by atoms with van der Waals surface area (Å²) in [5.41, 5.74) is 6.04. The third-order valence-electron chi connectivity index (χ3n) is 3.46. The molecule has 1 amide bonds. The minimum Gasteiger partial charge on any atom is -0.396 e. The minimum absolute atomic E-state index is 0.0277. The predicted octanol–water partition coefficient (Wildman–Crippen LogP) is 1.02. The van der Waals surface area contributed by atoms with Gasteiger partial charge in [0.25, 0.3) is 5.91 Å². The van der Waals surface area contributed by atoms with Gasteiger partial charge in [-0.25, -0.2) is 4.98 Å². The second-order valence-corrected chi connectivity index (χ2v) is 5.77. The molecule has 6 heteroatoms. The first kappa shape index (κ1) is 14.4. The van der Waals surface area contributed by atoms with Crippen LogP contribution in [0, 0.1) is 0 Å². The van der Waals surface area contributed by atoms with E-state index in [0.717, 1.165) is 43.7 Å². The normalized spacial score (nSPS) is 19.1. The number of hydrogen-bond acceptors (Lipinski definition) is 5. The molecule has 2 rings (SSSR count). The van der Waals surface area contributed by atoms with Gasteiger partial charge in [0.2, 0.25) is 0 Å². The van der Waals surface area contributed by atoms with Gasteiger partial charge in [0.15, 0.2) is 0 Å². The van der Waals surface area contributed by atoms with Crippen LogP contribution in [-0.4, -0.2) is 46.6 Å². The number of aromatic nitrogens is 1. The lowest BCUT2D eigenvalue weighted by Crippen LogP contribution is -2.35. The number of amides is 1.